The quantitative estimate of drug-likeness (QED) is 0.357. The predicted octanol–water partition coefficient (Wildman–Crippen LogP) is 5.36. The fourth-order valence-corrected chi connectivity index (χ4v) is 5.30. The van der Waals surface area contributed by atoms with Crippen molar-refractivity contribution in [1.29, 1.82) is 0 Å². The summed E-state index contributed by atoms with van der Waals surface area (Å²) in [6.45, 7) is 5.78. The van der Waals surface area contributed by atoms with E-state index in [9.17, 15) is 18.8 Å². The van der Waals surface area contributed by atoms with Crippen LogP contribution < -0.4 is 10.3 Å². The van der Waals surface area contributed by atoms with Crippen LogP contribution in [0.5, 0.6) is 0 Å². The zero-order valence-electron chi connectivity index (χ0n) is 19.4. The summed E-state index contributed by atoms with van der Waals surface area (Å²) in [4.78, 5) is 45.5. The summed E-state index contributed by atoms with van der Waals surface area (Å²) in [7, 11) is 1.27. The molecule has 0 aliphatic carbocycles. The molecule has 2 aromatic carbocycles. The molecule has 1 amide bonds. The third-order valence-corrected chi connectivity index (χ3v) is 7.25. The Morgan fingerprint density at radius 3 is 2.54 bits per heavy atom. The minimum absolute atomic E-state index is 0.0489. The zero-order chi connectivity index (χ0) is 25.0. The summed E-state index contributed by atoms with van der Waals surface area (Å²) in [5.74, 6) is -1.55. The second-order valence-corrected chi connectivity index (χ2v) is 9.59. The third-order valence-electron chi connectivity index (χ3n) is 6.11. The Labute approximate surface area is 203 Å². The largest absolute Gasteiger partial charge is 0.465 e. The molecule has 2 aromatic heterocycles. The van der Waals surface area contributed by atoms with Crippen LogP contribution >= 0.6 is 11.3 Å². The van der Waals surface area contributed by atoms with E-state index in [-0.39, 0.29) is 32.3 Å². The van der Waals surface area contributed by atoms with Crippen LogP contribution in [-0.2, 0) is 4.74 Å². The Bertz CT molecular complexity index is 1550. The molecular formula is C26H21FN2O5S. The lowest BCUT2D eigenvalue weighted by Crippen LogP contribution is -2.29. The number of hydrogen-bond donors (Lipinski definition) is 0. The van der Waals surface area contributed by atoms with Gasteiger partial charge >= 0.3 is 5.97 Å². The Morgan fingerprint density at radius 2 is 1.89 bits per heavy atom. The van der Waals surface area contributed by atoms with Gasteiger partial charge in [-0.15, -0.1) is 0 Å². The standard InChI is InChI=1S/C26H21FN2O5S/c1-12(2)14-5-7-15(8-6-14)20-19-21(30)17-11-16(27)9-10-18(17)34-22(19)24(31)29(20)26-28-13(3)23(35-26)25(32)33-4/h5-12,20H,1-4H3/t20-/m0/s1. The maximum absolute atomic E-state index is 14.0. The van der Waals surface area contributed by atoms with E-state index in [1.165, 1.54) is 24.1 Å². The fraction of sp³-hybridized carbons (Fsp3) is 0.231. The molecule has 1 aliphatic rings. The number of rotatable bonds is 4. The molecule has 1 aliphatic heterocycles. The van der Waals surface area contributed by atoms with Crippen molar-refractivity contribution in [3.63, 3.8) is 0 Å². The Morgan fingerprint density at radius 1 is 1.17 bits per heavy atom. The summed E-state index contributed by atoms with van der Waals surface area (Å²) in [6, 6.07) is 10.3. The van der Waals surface area contributed by atoms with Crippen molar-refractivity contribution in [3.05, 3.63) is 91.5 Å². The summed E-state index contributed by atoms with van der Waals surface area (Å²) >= 11 is 0.999. The molecule has 1 atom stereocenters. The molecule has 0 fully saturated rings. The van der Waals surface area contributed by atoms with Gasteiger partial charge in [0, 0.05) is 0 Å². The van der Waals surface area contributed by atoms with Crippen LogP contribution in [0, 0.1) is 12.7 Å². The highest BCUT2D eigenvalue weighted by molar-refractivity contribution is 7.17. The van der Waals surface area contributed by atoms with Crippen LogP contribution in [0.4, 0.5) is 9.52 Å². The highest BCUT2D eigenvalue weighted by Crippen LogP contribution is 2.43. The molecule has 0 unspecified atom stereocenters. The number of halogens is 1. The van der Waals surface area contributed by atoms with E-state index in [2.05, 4.69) is 18.8 Å². The van der Waals surface area contributed by atoms with Gasteiger partial charge in [-0.1, -0.05) is 49.4 Å². The number of anilines is 1. The number of aryl methyl sites for hydroxylation is 1. The van der Waals surface area contributed by atoms with Crippen LogP contribution in [0.3, 0.4) is 0 Å². The molecule has 4 aromatic rings. The molecule has 3 heterocycles. The van der Waals surface area contributed by atoms with Crippen LogP contribution in [0.1, 0.15) is 68.4 Å². The molecule has 0 saturated heterocycles. The highest BCUT2D eigenvalue weighted by Gasteiger charge is 2.45. The van der Waals surface area contributed by atoms with Gasteiger partial charge in [0.05, 0.1) is 29.8 Å². The first kappa shape index (κ1) is 22.9. The first-order chi connectivity index (χ1) is 16.7. The van der Waals surface area contributed by atoms with Gasteiger partial charge in [0.2, 0.25) is 5.76 Å². The van der Waals surface area contributed by atoms with E-state index < -0.39 is 29.2 Å². The van der Waals surface area contributed by atoms with Crippen LogP contribution in [0.2, 0.25) is 0 Å². The number of amides is 1. The Balaban J connectivity index is 1.76. The van der Waals surface area contributed by atoms with Gasteiger partial charge in [-0.25, -0.2) is 14.2 Å². The predicted molar refractivity (Wildman–Crippen MR) is 130 cm³/mol. The molecule has 5 rings (SSSR count). The van der Waals surface area contributed by atoms with Crippen molar-refractivity contribution >= 4 is 39.3 Å². The van der Waals surface area contributed by atoms with Crippen LogP contribution in [0.15, 0.2) is 51.7 Å². The smallest absolute Gasteiger partial charge is 0.350 e. The third kappa shape index (κ3) is 3.63. The Hall–Kier alpha value is -3.85. The van der Waals surface area contributed by atoms with Gasteiger partial charge in [-0.3, -0.25) is 14.5 Å². The van der Waals surface area contributed by atoms with E-state index in [0.29, 0.717) is 17.2 Å². The molecule has 0 N–H and O–H groups in total. The molecule has 35 heavy (non-hydrogen) atoms. The number of esters is 1. The number of nitrogens with zero attached hydrogens (tertiary/aromatic N) is 2. The average Bonchev–Trinajstić information content (AvgIpc) is 3.36. The van der Waals surface area contributed by atoms with E-state index in [4.69, 9.17) is 9.15 Å². The van der Waals surface area contributed by atoms with Crippen molar-refractivity contribution < 1.29 is 23.1 Å². The maximum Gasteiger partial charge on any atom is 0.350 e. The van der Waals surface area contributed by atoms with Crippen molar-refractivity contribution in [2.45, 2.75) is 32.7 Å². The van der Waals surface area contributed by atoms with Gasteiger partial charge in [0.25, 0.3) is 5.91 Å². The number of ether oxygens (including phenoxy) is 1. The molecule has 0 bridgehead atoms. The first-order valence-corrected chi connectivity index (χ1v) is 11.8. The minimum atomic E-state index is -0.862. The lowest BCUT2D eigenvalue weighted by Gasteiger charge is -2.23. The SMILES string of the molecule is COC(=O)c1sc(N2C(=O)c3oc4ccc(F)cc4c(=O)c3[C@@H]2c2ccc(C(C)C)cc2)nc1C. The van der Waals surface area contributed by atoms with E-state index in [0.717, 1.165) is 23.0 Å². The summed E-state index contributed by atoms with van der Waals surface area (Å²) < 4.78 is 24.7. The second-order valence-electron chi connectivity index (χ2n) is 8.62. The molecule has 178 valence electrons. The van der Waals surface area contributed by atoms with Gasteiger partial charge in [0.1, 0.15) is 16.3 Å². The number of benzene rings is 2. The molecule has 7 nitrogen and oxygen atoms in total. The van der Waals surface area contributed by atoms with Gasteiger partial charge in [0.15, 0.2) is 10.6 Å². The first-order valence-electron chi connectivity index (χ1n) is 11.0. The highest BCUT2D eigenvalue weighted by atomic mass is 32.1. The number of fused-ring (bicyclic) bond motifs is 2. The second kappa shape index (κ2) is 8.42. The Kier molecular flexibility index (Phi) is 5.52. The zero-order valence-corrected chi connectivity index (χ0v) is 20.2. The van der Waals surface area contributed by atoms with Gasteiger partial charge in [-0.2, -0.15) is 0 Å². The lowest BCUT2D eigenvalue weighted by molar-refractivity contribution is 0.0605. The van der Waals surface area contributed by atoms with Crippen molar-refractivity contribution in [2.24, 2.45) is 0 Å². The van der Waals surface area contributed by atoms with E-state index >= 15 is 0 Å². The van der Waals surface area contributed by atoms with Gasteiger partial charge < -0.3 is 9.15 Å². The number of carbonyl (C=O) groups excluding carboxylic acids is 2. The van der Waals surface area contributed by atoms with Crippen LogP contribution in [0.25, 0.3) is 11.0 Å². The molecule has 0 radical (unpaired) electrons. The van der Waals surface area contributed by atoms with E-state index in [1.54, 1.807) is 6.92 Å². The fourth-order valence-electron chi connectivity index (χ4n) is 4.29. The number of carbonyl (C=O) groups is 2. The number of aromatic nitrogens is 1. The summed E-state index contributed by atoms with van der Waals surface area (Å²) in [5.41, 5.74) is 1.90. The average molecular weight is 493 g/mol. The van der Waals surface area contributed by atoms with Crippen LogP contribution in [-0.4, -0.2) is 24.0 Å². The van der Waals surface area contributed by atoms with Crippen molar-refractivity contribution in [3.8, 4) is 0 Å². The monoisotopic (exact) mass is 492 g/mol. The number of hydrogen-bond acceptors (Lipinski definition) is 7. The van der Waals surface area contributed by atoms with Crippen molar-refractivity contribution in [1.82, 2.24) is 4.98 Å². The molecule has 0 saturated carbocycles. The summed E-state index contributed by atoms with van der Waals surface area (Å²) in [5, 5.41) is 0.277. The number of methoxy groups -OCH3 is 1. The van der Waals surface area contributed by atoms with Crippen molar-refractivity contribution in [2.75, 3.05) is 12.0 Å². The number of thiazole rings is 1. The van der Waals surface area contributed by atoms with Gasteiger partial charge in [-0.05, 0) is 42.2 Å². The normalized spacial score (nSPS) is 15.2. The lowest BCUT2D eigenvalue weighted by atomic mass is 9.95. The topological polar surface area (TPSA) is 89.7 Å². The molecular weight excluding hydrogens is 471 g/mol. The minimum Gasteiger partial charge on any atom is -0.465 e. The van der Waals surface area contributed by atoms with E-state index in [1.807, 2.05) is 24.3 Å². The maximum atomic E-state index is 14.0. The molecule has 9 heteroatoms. The summed E-state index contributed by atoms with van der Waals surface area (Å²) in [6.07, 6.45) is 0. The molecule has 0 spiro atoms.